The van der Waals surface area contributed by atoms with Crippen LogP contribution in [0.1, 0.15) is 19.3 Å². The molecule has 1 heterocycles. The van der Waals surface area contributed by atoms with E-state index in [2.05, 4.69) is 5.32 Å². The van der Waals surface area contributed by atoms with Gasteiger partial charge in [0.2, 0.25) is 0 Å². The number of nitrogens with one attached hydrogen (secondary N) is 2. The third-order valence-corrected chi connectivity index (χ3v) is 2.86. The van der Waals surface area contributed by atoms with E-state index < -0.39 is 5.91 Å². The number of ether oxygens (including phenoxy) is 1. The Labute approximate surface area is 96.7 Å². The van der Waals surface area contributed by atoms with Crippen molar-refractivity contribution in [2.24, 2.45) is 5.84 Å². The predicted molar refractivity (Wildman–Crippen MR) is 60.2 cm³/mol. The van der Waals surface area contributed by atoms with Gasteiger partial charge in [-0.3, -0.25) is 15.0 Å². The minimum Gasteiger partial charge on any atom is -0.383 e. The fraction of sp³-hybridized carbons (Fsp3) is 0.333. The van der Waals surface area contributed by atoms with E-state index in [0.29, 0.717) is 22.9 Å². The molecular formula is C9H13N3O3S. The number of methoxy groups -OCH3 is 1. The second kappa shape index (κ2) is 6.21. The number of thiophene rings is 1. The van der Waals surface area contributed by atoms with Crippen LogP contribution < -0.4 is 16.6 Å². The van der Waals surface area contributed by atoms with Crippen LogP contribution in [0, 0.1) is 0 Å². The number of carbonyl (C=O) groups is 2. The first-order chi connectivity index (χ1) is 7.69. The van der Waals surface area contributed by atoms with Crippen LogP contribution in [0.2, 0.25) is 0 Å². The van der Waals surface area contributed by atoms with Crippen LogP contribution in [0.3, 0.4) is 0 Å². The van der Waals surface area contributed by atoms with E-state index in [1.807, 2.05) is 5.43 Å². The normalized spacial score (nSPS) is 9.88. The smallest absolute Gasteiger partial charge is 0.275 e. The number of hydrazine groups is 1. The van der Waals surface area contributed by atoms with Crippen molar-refractivity contribution in [3.05, 3.63) is 21.9 Å². The van der Waals surface area contributed by atoms with Crippen molar-refractivity contribution in [1.82, 2.24) is 10.7 Å². The molecule has 0 atom stereocenters. The van der Waals surface area contributed by atoms with Crippen LogP contribution >= 0.6 is 11.3 Å². The van der Waals surface area contributed by atoms with E-state index >= 15 is 0 Å². The second-order valence-electron chi connectivity index (χ2n) is 2.89. The summed E-state index contributed by atoms with van der Waals surface area (Å²) in [6, 6.07) is 3.13. The fourth-order valence-corrected chi connectivity index (χ4v) is 1.83. The summed E-state index contributed by atoms with van der Waals surface area (Å²) in [6.45, 7) is 0.888. The number of hydrogen-bond donors (Lipinski definition) is 3. The third kappa shape index (κ3) is 3.30. The highest BCUT2D eigenvalue weighted by molar-refractivity contribution is 7.15. The first kappa shape index (κ1) is 12.6. The van der Waals surface area contributed by atoms with Crippen molar-refractivity contribution in [3.63, 3.8) is 0 Å². The third-order valence-electron chi connectivity index (χ3n) is 1.78. The van der Waals surface area contributed by atoms with Crippen molar-refractivity contribution in [2.45, 2.75) is 0 Å². The number of rotatable bonds is 5. The monoisotopic (exact) mass is 243 g/mol. The largest absolute Gasteiger partial charge is 0.383 e. The molecule has 0 saturated heterocycles. The van der Waals surface area contributed by atoms with Crippen molar-refractivity contribution >= 4 is 23.2 Å². The lowest BCUT2D eigenvalue weighted by Crippen LogP contribution is -2.29. The van der Waals surface area contributed by atoms with E-state index in [1.165, 1.54) is 0 Å². The quantitative estimate of drug-likeness (QED) is 0.287. The standard InChI is InChI=1S/C9H13N3O3S/c1-15-5-4-11-8(13)6-2-3-7(16-6)9(14)12-10/h2-3H,4-5,10H2,1H3,(H,11,13)(H,12,14). The minimum absolute atomic E-state index is 0.224. The Hall–Kier alpha value is -1.44. The van der Waals surface area contributed by atoms with Crippen LogP contribution in [-0.4, -0.2) is 32.1 Å². The molecule has 0 aliphatic carbocycles. The van der Waals surface area contributed by atoms with Crippen LogP contribution in [0.15, 0.2) is 12.1 Å². The summed E-state index contributed by atoms with van der Waals surface area (Å²) in [4.78, 5) is 23.5. The Morgan fingerprint density at radius 1 is 1.38 bits per heavy atom. The fourth-order valence-electron chi connectivity index (χ4n) is 1.01. The summed E-state index contributed by atoms with van der Waals surface area (Å²) in [7, 11) is 1.56. The van der Waals surface area contributed by atoms with Gasteiger partial charge >= 0.3 is 0 Å². The summed E-state index contributed by atoms with van der Waals surface area (Å²) in [5.74, 6) is 4.35. The summed E-state index contributed by atoms with van der Waals surface area (Å²) >= 11 is 1.09. The lowest BCUT2D eigenvalue weighted by molar-refractivity contribution is 0.0939. The van der Waals surface area contributed by atoms with Gasteiger partial charge in [-0.2, -0.15) is 0 Å². The number of nitrogens with two attached hydrogens (primary N) is 1. The molecule has 0 aliphatic heterocycles. The summed E-state index contributed by atoms with van der Waals surface area (Å²) in [5.41, 5.74) is 2.01. The van der Waals surface area contributed by atoms with Crippen molar-refractivity contribution < 1.29 is 14.3 Å². The first-order valence-corrected chi connectivity index (χ1v) is 5.38. The van der Waals surface area contributed by atoms with Gasteiger partial charge in [0.25, 0.3) is 11.8 Å². The SMILES string of the molecule is COCCNC(=O)c1ccc(C(=O)NN)s1. The molecule has 1 aromatic heterocycles. The molecule has 1 aromatic rings. The summed E-state index contributed by atoms with van der Waals surface area (Å²) < 4.78 is 4.80. The zero-order chi connectivity index (χ0) is 12.0. The Morgan fingerprint density at radius 2 is 2.00 bits per heavy atom. The van der Waals surface area contributed by atoms with Gasteiger partial charge in [-0.05, 0) is 12.1 Å². The molecule has 1 rings (SSSR count). The molecule has 0 aliphatic rings. The van der Waals surface area contributed by atoms with Crippen LogP contribution in [-0.2, 0) is 4.74 Å². The lowest BCUT2D eigenvalue weighted by atomic mass is 10.4. The van der Waals surface area contributed by atoms with Crippen LogP contribution in [0.4, 0.5) is 0 Å². The van der Waals surface area contributed by atoms with Crippen molar-refractivity contribution in [2.75, 3.05) is 20.3 Å². The van der Waals surface area contributed by atoms with Gasteiger partial charge in [0.1, 0.15) is 0 Å². The van der Waals surface area contributed by atoms with E-state index in [0.717, 1.165) is 11.3 Å². The van der Waals surface area contributed by atoms with E-state index in [1.54, 1.807) is 19.2 Å². The summed E-state index contributed by atoms with van der Waals surface area (Å²) in [5, 5.41) is 2.65. The summed E-state index contributed by atoms with van der Waals surface area (Å²) in [6.07, 6.45) is 0. The van der Waals surface area contributed by atoms with Gasteiger partial charge in [-0.15, -0.1) is 11.3 Å². The molecule has 0 bridgehead atoms. The highest BCUT2D eigenvalue weighted by atomic mass is 32.1. The number of hydrogen-bond acceptors (Lipinski definition) is 5. The van der Waals surface area contributed by atoms with Gasteiger partial charge in [-0.1, -0.05) is 0 Å². The zero-order valence-electron chi connectivity index (χ0n) is 8.78. The van der Waals surface area contributed by atoms with Gasteiger partial charge in [0, 0.05) is 13.7 Å². The van der Waals surface area contributed by atoms with Gasteiger partial charge in [0.05, 0.1) is 16.4 Å². The van der Waals surface area contributed by atoms with E-state index in [-0.39, 0.29) is 5.91 Å². The molecule has 0 radical (unpaired) electrons. The molecular weight excluding hydrogens is 230 g/mol. The van der Waals surface area contributed by atoms with Gasteiger partial charge in [0.15, 0.2) is 0 Å². The van der Waals surface area contributed by atoms with Gasteiger partial charge in [-0.25, -0.2) is 5.84 Å². The molecule has 0 aromatic carbocycles. The highest BCUT2D eigenvalue weighted by Crippen LogP contribution is 2.15. The number of nitrogen functional groups attached to an aromatic ring is 1. The number of carbonyl (C=O) groups excluding carboxylic acids is 2. The minimum atomic E-state index is -0.402. The molecule has 0 fully saturated rings. The molecule has 2 amide bonds. The Kier molecular flexibility index (Phi) is 4.90. The van der Waals surface area contributed by atoms with E-state index in [9.17, 15) is 9.59 Å². The average molecular weight is 243 g/mol. The maximum Gasteiger partial charge on any atom is 0.275 e. The average Bonchev–Trinajstić information content (AvgIpc) is 2.77. The van der Waals surface area contributed by atoms with Crippen LogP contribution in [0.25, 0.3) is 0 Å². The Morgan fingerprint density at radius 3 is 2.56 bits per heavy atom. The van der Waals surface area contributed by atoms with Crippen LogP contribution in [0.5, 0.6) is 0 Å². The molecule has 7 heteroatoms. The molecule has 6 nitrogen and oxygen atoms in total. The molecule has 88 valence electrons. The lowest BCUT2D eigenvalue weighted by Gasteiger charge is -2.01. The Bertz CT molecular complexity index is 378. The molecule has 16 heavy (non-hydrogen) atoms. The van der Waals surface area contributed by atoms with Crippen molar-refractivity contribution in [3.8, 4) is 0 Å². The zero-order valence-corrected chi connectivity index (χ0v) is 9.60. The molecule has 0 spiro atoms. The number of amides is 2. The molecule has 4 N–H and O–H groups in total. The molecule has 0 saturated carbocycles. The van der Waals surface area contributed by atoms with E-state index in [4.69, 9.17) is 10.6 Å². The first-order valence-electron chi connectivity index (χ1n) is 4.57. The Balaban J connectivity index is 2.56. The van der Waals surface area contributed by atoms with Gasteiger partial charge < -0.3 is 10.1 Å². The second-order valence-corrected chi connectivity index (χ2v) is 3.97. The topological polar surface area (TPSA) is 93.4 Å². The maximum atomic E-state index is 11.5. The predicted octanol–water partition coefficient (Wildman–Crippen LogP) is -0.272. The molecule has 0 unspecified atom stereocenters. The highest BCUT2D eigenvalue weighted by Gasteiger charge is 2.12. The van der Waals surface area contributed by atoms with Crippen molar-refractivity contribution in [1.29, 1.82) is 0 Å². The maximum absolute atomic E-state index is 11.5.